The lowest BCUT2D eigenvalue weighted by atomic mass is 10.0. The van der Waals surface area contributed by atoms with Crippen LogP contribution in [0.4, 0.5) is 4.79 Å². The Balaban J connectivity index is 1.85. The zero-order chi connectivity index (χ0) is 20.1. The number of urea groups is 1. The molecule has 0 aliphatic heterocycles. The van der Waals surface area contributed by atoms with Crippen LogP contribution in [0.5, 0.6) is 5.75 Å². The maximum atomic E-state index is 12.0. The Morgan fingerprint density at radius 2 is 1.89 bits per heavy atom. The van der Waals surface area contributed by atoms with Gasteiger partial charge < -0.3 is 14.8 Å². The van der Waals surface area contributed by atoms with Crippen LogP contribution in [-0.4, -0.2) is 36.7 Å². The van der Waals surface area contributed by atoms with Gasteiger partial charge in [0.1, 0.15) is 5.75 Å². The Kier molecular flexibility index (Phi) is 7.07. The van der Waals surface area contributed by atoms with E-state index in [9.17, 15) is 14.4 Å². The summed E-state index contributed by atoms with van der Waals surface area (Å²) in [5.74, 6) is -0.692. The number of amides is 3. The maximum absolute atomic E-state index is 12.0. The molecule has 7 nitrogen and oxygen atoms in total. The third-order valence-electron chi connectivity index (χ3n) is 4.09. The van der Waals surface area contributed by atoms with E-state index in [-0.39, 0.29) is 18.6 Å². The summed E-state index contributed by atoms with van der Waals surface area (Å²) in [6.45, 7) is 6.86. The van der Waals surface area contributed by atoms with E-state index < -0.39 is 24.0 Å². The van der Waals surface area contributed by atoms with Crippen LogP contribution in [0.1, 0.15) is 50.7 Å². The smallest absolute Gasteiger partial charge is 0.344 e. The first-order chi connectivity index (χ1) is 12.7. The number of halogens is 1. The number of hydrogen-bond acceptors (Lipinski definition) is 5. The van der Waals surface area contributed by atoms with Gasteiger partial charge in [-0.25, -0.2) is 9.59 Å². The van der Waals surface area contributed by atoms with Gasteiger partial charge in [0, 0.05) is 11.1 Å². The van der Waals surface area contributed by atoms with Crippen molar-refractivity contribution in [3.05, 3.63) is 28.3 Å². The molecule has 3 amide bonds. The van der Waals surface area contributed by atoms with Crippen LogP contribution in [0, 0.1) is 6.92 Å². The number of esters is 1. The van der Waals surface area contributed by atoms with Crippen molar-refractivity contribution in [2.24, 2.45) is 0 Å². The van der Waals surface area contributed by atoms with Crippen molar-refractivity contribution in [2.45, 2.75) is 58.6 Å². The topological polar surface area (TPSA) is 93.7 Å². The van der Waals surface area contributed by atoms with Gasteiger partial charge in [0.25, 0.3) is 5.91 Å². The first-order valence-electron chi connectivity index (χ1n) is 8.91. The minimum absolute atomic E-state index is 0.127. The summed E-state index contributed by atoms with van der Waals surface area (Å²) in [6, 6.07) is 3.13. The predicted molar refractivity (Wildman–Crippen MR) is 101 cm³/mol. The highest BCUT2D eigenvalue weighted by molar-refractivity contribution is 6.31. The molecule has 0 aromatic heterocycles. The minimum Gasteiger partial charge on any atom is -0.482 e. The first kappa shape index (κ1) is 21.0. The van der Waals surface area contributed by atoms with Crippen molar-refractivity contribution >= 4 is 29.5 Å². The van der Waals surface area contributed by atoms with E-state index in [0.717, 1.165) is 24.0 Å². The predicted octanol–water partition coefficient (Wildman–Crippen LogP) is 3.07. The Morgan fingerprint density at radius 1 is 1.22 bits per heavy atom. The van der Waals surface area contributed by atoms with Crippen LogP contribution in [0.15, 0.2) is 12.1 Å². The zero-order valence-electron chi connectivity index (χ0n) is 15.9. The van der Waals surface area contributed by atoms with Gasteiger partial charge >= 0.3 is 12.0 Å². The second-order valence-electron chi connectivity index (χ2n) is 6.95. The molecule has 0 spiro atoms. The second kappa shape index (κ2) is 9.08. The van der Waals surface area contributed by atoms with Gasteiger partial charge in [0.05, 0.1) is 0 Å². The molecule has 1 aromatic carbocycles. The summed E-state index contributed by atoms with van der Waals surface area (Å²) in [4.78, 5) is 35.4. The van der Waals surface area contributed by atoms with Crippen LogP contribution in [0.3, 0.4) is 0 Å². The van der Waals surface area contributed by atoms with Crippen LogP contribution in [-0.2, 0) is 14.3 Å². The Morgan fingerprint density at radius 3 is 2.48 bits per heavy atom. The van der Waals surface area contributed by atoms with E-state index in [1.807, 2.05) is 26.8 Å². The van der Waals surface area contributed by atoms with Crippen molar-refractivity contribution in [1.29, 1.82) is 0 Å². The SMILES string of the molecule is Cc1cc(OCC(=O)OC(C)C(=O)NC(=O)NC2CC2)c(C(C)C)cc1Cl. The molecule has 2 N–H and O–H groups in total. The molecule has 148 valence electrons. The Labute approximate surface area is 163 Å². The fourth-order valence-corrected chi connectivity index (χ4v) is 2.50. The molecule has 0 saturated heterocycles. The number of aryl methyl sites for hydroxylation is 1. The summed E-state index contributed by atoms with van der Waals surface area (Å²) in [5, 5.41) is 5.39. The maximum Gasteiger partial charge on any atom is 0.344 e. The summed E-state index contributed by atoms with van der Waals surface area (Å²) >= 11 is 6.15. The highest BCUT2D eigenvalue weighted by Crippen LogP contribution is 2.32. The number of hydrogen-bond donors (Lipinski definition) is 2. The molecular formula is C19H25ClN2O5. The van der Waals surface area contributed by atoms with Crippen LogP contribution in [0.2, 0.25) is 5.02 Å². The van der Waals surface area contributed by atoms with Crippen LogP contribution in [0.25, 0.3) is 0 Å². The first-order valence-corrected chi connectivity index (χ1v) is 9.28. The van der Waals surface area contributed by atoms with E-state index in [4.69, 9.17) is 21.1 Å². The summed E-state index contributed by atoms with van der Waals surface area (Å²) < 4.78 is 10.6. The fraction of sp³-hybridized carbons (Fsp3) is 0.526. The normalized spacial score (nSPS) is 14.4. The molecule has 1 aliphatic rings. The molecule has 1 fully saturated rings. The lowest BCUT2D eigenvalue weighted by molar-refractivity contribution is -0.156. The second-order valence-corrected chi connectivity index (χ2v) is 7.36. The lowest BCUT2D eigenvalue weighted by Gasteiger charge is -2.17. The van der Waals surface area contributed by atoms with Gasteiger partial charge in [-0.2, -0.15) is 0 Å². The summed E-state index contributed by atoms with van der Waals surface area (Å²) in [5.41, 5.74) is 1.71. The molecule has 1 atom stereocenters. The van der Waals surface area contributed by atoms with E-state index in [1.165, 1.54) is 6.92 Å². The molecule has 1 saturated carbocycles. The van der Waals surface area contributed by atoms with Crippen LogP contribution < -0.4 is 15.4 Å². The van der Waals surface area contributed by atoms with E-state index in [1.54, 1.807) is 6.07 Å². The largest absolute Gasteiger partial charge is 0.482 e. The van der Waals surface area contributed by atoms with Crippen molar-refractivity contribution in [1.82, 2.24) is 10.6 Å². The molecule has 1 unspecified atom stereocenters. The number of benzene rings is 1. The number of carbonyl (C=O) groups is 3. The van der Waals surface area contributed by atoms with Gasteiger partial charge in [-0.1, -0.05) is 25.4 Å². The lowest BCUT2D eigenvalue weighted by Crippen LogP contribution is -2.45. The molecule has 0 bridgehead atoms. The third-order valence-corrected chi connectivity index (χ3v) is 4.49. The van der Waals surface area contributed by atoms with Gasteiger partial charge in [-0.15, -0.1) is 0 Å². The molecule has 8 heteroatoms. The molecular weight excluding hydrogens is 372 g/mol. The number of carbonyl (C=O) groups excluding carboxylic acids is 3. The van der Waals surface area contributed by atoms with Gasteiger partial charge in [0.2, 0.25) is 0 Å². The zero-order valence-corrected chi connectivity index (χ0v) is 16.7. The number of ether oxygens (including phenoxy) is 2. The number of rotatable bonds is 7. The quantitative estimate of drug-likeness (QED) is 0.691. The van der Waals surface area contributed by atoms with Crippen LogP contribution >= 0.6 is 11.6 Å². The highest BCUT2D eigenvalue weighted by Gasteiger charge is 2.26. The molecule has 1 aromatic rings. The minimum atomic E-state index is -1.11. The van der Waals surface area contributed by atoms with E-state index >= 15 is 0 Å². The molecule has 27 heavy (non-hydrogen) atoms. The van der Waals surface area contributed by atoms with E-state index in [0.29, 0.717) is 10.8 Å². The number of nitrogens with one attached hydrogen (secondary N) is 2. The molecule has 1 aliphatic carbocycles. The third kappa shape index (κ3) is 6.43. The summed E-state index contributed by atoms with van der Waals surface area (Å²) in [7, 11) is 0. The van der Waals surface area contributed by atoms with Crippen molar-refractivity contribution in [3.63, 3.8) is 0 Å². The summed E-state index contributed by atoms with van der Waals surface area (Å²) in [6.07, 6.45) is 0.709. The highest BCUT2D eigenvalue weighted by atomic mass is 35.5. The van der Waals surface area contributed by atoms with Gasteiger partial charge in [-0.05, 0) is 55.9 Å². The average Bonchev–Trinajstić information content (AvgIpc) is 3.38. The van der Waals surface area contributed by atoms with Crippen molar-refractivity contribution in [3.8, 4) is 5.75 Å². The van der Waals surface area contributed by atoms with Crippen molar-refractivity contribution in [2.75, 3.05) is 6.61 Å². The van der Waals surface area contributed by atoms with Crippen molar-refractivity contribution < 1.29 is 23.9 Å². The molecule has 0 radical (unpaired) electrons. The average molecular weight is 397 g/mol. The molecule has 2 rings (SSSR count). The fourth-order valence-electron chi connectivity index (χ4n) is 2.33. The Bertz CT molecular complexity index is 731. The monoisotopic (exact) mass is 396 g/mol. The van der Waals surface area contributed by atoms with Gasteiger partial charge in [0.15, 0.2) is 12.7 Å². The Hall–Kier alpha value is -2.28. The van der Waals surface area contributed by atoms with E-state index in [2.05, 4.69) is 10.6 Å². The van der Waals surface area contributed by atoms with Gasteiger partial charge in [-0.3, -0.25) is 10.1 Å². The number of imide groups is 1. The molecule has 0 heterocycles. The standard InChI is InChI=1S/C19H25ClN2O5/c1-10(2)14-8-15(20)11(3)7-16(14)26-9-17(23)27-12(4)18(24)22-19(25)21-13-5-6-13/h7-8,10,12-13H,5-6,9H2,1-4H3,(H2,21,22,24,25).